The quantitative estimate of drug-likeness (QED) is 0.687. The monoisotopic (exact) mass is 208 g/mol. The van der Waals surface area contributed by atoms with E-state index in [1.54, 1.807) is 0 Å². The Kier molecular flexibility index (Phi) is 3.90. The lowest BCUT2D eigenvalue weighted by Crippen LogP contribution is -2.30. The highest BCUT2D eigenvalue weighted by Gasteiger charge is 2.25. The molecule has 78 valence electrons. The Hall–Kier alpha value is -0.603. The largest absolute Gasteiger partial charge is 0.425 e. The molecule has 1 atom stereocenters. The molecule has 0 aliphatic heterocycles. The van der Waals surface area contributed by atoms with Crippen LogP contribution in [0.2, 0.25) is 0 Å². The van der Waals surface area contributed by atoms with Crippen LogP contribution < -0.4 is 0 Å². The van der Waals surface area contributed by atoms with E-state index in [0.29, 0.717) is 6.10 Å². The highest BCUT2D eigenvalue weighted by molar-refractivity contribution is 5.98. The van der Waals surface area contributed by atoms with Gasteiger partial charge in [0, 0.05) is 6.10 Å². The minimum Gasteiger partial charge on any atom is -0.425 e. The van der Waals surface area contributed by atoms with Crippen LogP contribution in [-0.2, 0) is 10.8 Å². The van der Waals surface area contributed by atoms with Gasteiger partial charge in [0.1, 0.15) is 10.5 Å². The van der Waals surface area contributed by atoms with Crippen LogP contribution in [0.25, 0.3) is 0 Å². The van der Waals surface area contributed by atoms with Crippen LogP contribution in [0.5, 0.6) is 0 Å². The van der Waals surface area contributed by atoms with Crippen molar-refractivity contribution in [2.45, 2.75) is 33.3 Å². The molecule has 0 saturated heterocycles. The molecule has 0 amide bonds. The molecule has 0 aliphatic carbocycles. The third-order valence-corrected chi connectivity index (χ3v) is 3.66. The second-order valence-corrected chi connectivity index (χ2v) is 5.00. The molecule has 0 saturated carbocycles. The summed E-state index contributed by atoms with van der Waals surface area (Å²) in [7, 11) is 0.821. The van der Waals surface area contributed by atoms with Gasteiger partial charge >= 0.3 is 0 Å². The van der Waals surface area contributed by atoms with Crippen molar-refractivity contribution in [3.05, 3.63) is 35.9 Å². The highest BCUT2D eigenvalue weighted by Crippen LogP contribution is 2.27. The van der Waals surface area contributed by atoms with Crippen LogP contribution in [0.3, 0.4) is 0 Å². The van der Waals surface area contributed by atoms with Crippen LogP contribution in [-0.4, -0.2) is 16.6 Å². The van der Waals surface area contributed by atoms with E-state index in [4.69, 9.17) is 4.43 Å². The molecule has 1 unspecified atom stereocenters. The van der Waals surface area contributed by atoms with E-state index in [1.165, 1.54) is 5.56 Å². The fourth-order valence-corrected chi connectivity index (χ4v) is 2.22. The topological polar surface area (TPSA) is 9.23 Å². The standard InChI is InChI=1S/C12H20OSi/c1-10(13-14)12(2,3)9-11-7-5-4-6-8-11/h4-8,10H,9H2,1-3,14H3. The Balaban J connectivity index is 2.68. The van der Waals surface area contributed by atoms with Gasteiger partial charge in [0.15, 0.2) is 0 Å². The maximum absolute atomic E-state index is 5.53. The summed E-state index contributed by atoms with van der Waals surface area (Å²) in [6.07, 6.45) is 1.42. The first-order valence-electron chi connectivity index (χ1n) is 5.13. The smallest absolute Gasteiger partial charge is 0.146 e. The maximum atomic E-state index is 5.53. The summed E-state index contributed by atoms with van der Waals surface area (Å²) in [4.78, 5) is 0. The van der Waals surface area contributed by atoms with Gasteiger partial charge in [-0.05, 0) is 24.3 Å². The molecular weight excluding hydrogens is 188 g/mol. The molecule has 1 nitrogen and oxygen atoms in total. The molecule has 0 radical (unpaired) electrons. The molecule has 0 aromatic heterocycles. The molecule has 0 heterocycles. The van der Waals surface area contributed by atoms with Crippen molar-refractivity contribution in [2.24, 2.45) is 5.41 Å². The number of rotatable bonds is 4. The first kappa shape index (κ1) is 11.5. The van der Waals surface area contributed by atoms with Gasteiger partial charge in [-0.3, -0.25) is 0 Å². The molecule has 1 aromatic carbocycles. The van der Waals surface area contributed by atoms with E-state index in [9.17, 15) is 0 Å². The third kappa shape index (κ3) is 2.96. The van der Waals surface area contributed by atoms with Gasteiger partial charge in [-0.25, -0.2) is 0 Å². The summed E-state index contributed by atoms with van der Waals surface area (Å²) in [5.41, 5.74) is 1.62. The van der Waals surface area contributed by atoms with E-state index in [0.717, 1.165) is 16.9 Å². The second-order valence-electron chi connectivity index (χ2n) is 4.53. The molecular formula is C12H20OSi. The van der Waals surface area contributed by atoms with E-state index >= 15 is 0 Å². The SMILES string of the molecule is CC(O[SiH3])C(C)(C)Cc1ccccc1. The van der Waals surface area contributed by atoms with E-state index < -0.39 is 0 Å². The van der Waals surface area contributed by atoms with Gasteiger partial charge in [0.25, 0.3) is 0 Å². The van der Waals surface area contributed by atoms with E-state index in [1.807, 2.05) is 0 Å². The van der Waals surface area contributed by atoms with Crippen molar-refractivity contribution in [1.82, 2.24) is 0 Å². The van der Waals surface area contributed by atoms with Gasteiger partial charge in [0.05, 0.1) is 0 Å². The summed E-state index contributed by atoms with van der Waals surface area (Å²) >= 11 is 0. The molecule has 2 heteroatoms. The van der Waals surface area contributed by atoms with Crippen molar-refractivity contribution < 1.29 is 4.43 Å². The van der Waals surface area contributed by atoms with Crippen LogP contribution >= 0.6 is 0 Å². The lowest BCUT2D eigenvalue weighted by molar-refractivity contribution is 0.0988. The summed E-state index contributed by atoms with van der Waals surface area (Å²) in [5.74, 6) is 0. The van der Waals surface area contributed by atoms with Crippen LogP contribution in [0.4, 0.5) is 0 Å². The molecule has 14 heavy (non-hydrogen) atoms. The zero-order valence-corrected chi connectivity index (χ0v) is 11.6. The Morgan fingerprint density at radius 3 is 2.36 bits per heavy atom. The Morgan fingerprint density at radius 1 is 1.29 bits per heavy atom. The average Bonchev–Trinajstić information content (AvgIpc) is 2.17. The van der Waals surface area contributed by atoms with Gasteiger partial charge in [-0.15, -0.1) is 0 Å². The molecule has 0 fully saturated rings. The zero-order chi connectivity index (χ0) is 10.6. The first-order chi connectivity index (χ1) is 6.56. The van der Waals surface area contributed by atoms with Crippen molar-refractivity contribution in [1.29, 1.82) is 0 Å². The predicted molar refractivity (Wildman–Crippen MR) is 64.4 cm³/mol. The lowest BCUT2D eigenvalue weighted by Gasteiger charge is -2.31. The molecule has 1 aromatic rings. The second kappa shape index (κ2) is 4.76. The fraction of sp³-hybridized carbons (Fsp3) is 0.500. The van der Waals surface area contributed by atoms with Crippen molar-refractivity contribution in [3.8, 4) is 0 Å². The normalized spacial score (nSPS) is 14.2. The van der Waals surface area contributed by atoms with Crippen molar-refractivity contribution >= 4 is 10.5 Å². The number of hydrogen-bond donors (Lipinski definition) is 0. The molecule has 1 rings (SSSR count). The van der Waals surface area contributed by atoms with Gasteiger partial charge < -0.3 is 4.43 Å². The maximum Gasteiger partial charge on any atom is 0.146 e. The molecule has 0 spiro atoms. The van der Waals surface area contributed by atoms with E-state index in [2.05, 4.69) is 51.1 Å². The molecule has 0 aliphatic rings. The Morgan fingerprint density at radius 2 is 1.86 bits per heavy atom. The number of hydrogen-bond acceptors (Lipinski definition) is 1. The summed E-state index contributed by atoms with van der Waals surface area (Å²) < 4.78 is 5.53. The molecule has 0 bridgehead atoms. The van der Waals surface area contributed by atoms with Crippen molar-refractivity contribution in [3.63, 3.8) is 0 Å². The van der Waals surface area contributed by atoms with Crippen LogP contribution in [0, 0.1) is 5.41 Å². The predicted octanol–water partition coefficient (Wildman–Crippen LogP) is 1.94. The Bertz CT molecular complexity index is 269. The minimum absolute atomic E-state index is 0.225. The zero-order valence-electron chi connectivity index (χ0n) is 9.58. The van der Waals surface area contributed by atoms with Crippen LogP contribution in [0.15, 0.2) is 30.3 Å². The summed E-state index contributed by atoms with van der Waals surface area (Å²) in [6, 6.07) is 10.6. The van der Waals surface area contributed by atoms with E-state index in [-0.39, 0.29) is 5.41 Å². The lowest BCUT2D eigenvalue weighted by atomic mass is 9.81. The number of benzene rings is 1. The fourth-order valence-electron chi connectivity index (χ4n) is 1.58. The first-order valence-corrected chi connectivity index (χ1v) is 5.94. The Labute approximate surface area is 90.0 Å². The third-order valence-electron chi connectivity index (χ3n) is 2.96. The van der Waals surface area contributed by atoms with Gasteiger partial charge in [-0.1, -0.05) is 44.2 Å². The average molecular weight is 208 g/mol. The van der Waals surface area contributed by atoms with Crippen LogP contribution in [0.1, 0.15) is 26.3 Å². The van der Waals surface area contributed by atoms with Crippen molar-refractivity contribution in [2.75, 3.05) is 0 Å². The summed E-state index contributed by atoms with van der Waals surface area (Å²) in [5, 5.41) is 0. The highest BCUT2D eigenvalue weighted by atomic mass is 28.2. The summed E-state index contributed by atoms with van der Waals surface area (Å²) in [6.45, 7) is 6.70. The van der Waals surface area contributed by atoms with Gasteiger partial charge in [-0.2, -0.15) is 0 Å². The van der Waals surface area contributed by atoms with Gasteiger partial charge in [0.2, 0.25) is 0 Å². The minimum atomic E-state index is 0.225. The molecule has 0 N–H and O–H groups in total.